The lowest BCUT2D eigenvalue weighted by Crippen LogP contribution is -1.96. The maximum absolute atomic E-state index is 12.5. The van der Waals surface area contributed by atoms with Gasteiger partial charge in [-0.05, 0) is 53.6 Å². The minimum absolute atomic E-state index is 0.0816. The van der Waals surface area contributed by atoms with E-state index in [2.05, 4.69) is 0 Å². The monoisotopic (exact) mass is 378 g/mol. The molecule has 0 fully saturated rings. The van der Waals surface area contributed by atoms with Gasteiger partial charge in [0.15, 0.2) is 0 Å². The SMILES string of the molecule is O=C1C(=Cc2cccc(OCc3ccc(Cl)cc3)c2)Sc2ccccc21. The molecule has 0 spiro atoms. The molecule has 1 heterocycles. The number of thioether (sulfide) groups is 1. The van der Waals surface area contributed by atoms with Crippen LogP contribution in [0.15, 0.2) is 82.6 Å². The van der Waals surface area contributed by atoms with E-state index in [1.807, 2.05) is 78.9 Å². The number of carbonyl (C=O) groups excluding carboxylic acids is 1. The van der Waals surface area contributed by atoms with Crippen LogP contribution in [0.3, 0.4) is 0 Å². The standard InChI is InChI=1S/C22H15ClO2S/c23-17-10-8-15(9-11-17)14-25-18-5-3-4-16(12-18)13-21-22(24)19-6-1-2-7-20(19)26-21/h1-13H,14H2. The van der Waals surface area contributed by atoms with Crippen molar-refractivity contribution in [2.75, 3.05) is 0 Å². The summed E-state index contributed by atoms with van der Waals surface area (Å²) < 4.78 is 5.86. The summed E-state index contributed by atoms with van der Waals surface area (Å²) in [5, 5.41) is 0.710. The first-order valence-electron chi connectivity index (χ1n) is 8.20. The maximum atomic E-state index is 12.5. The van der Waals surface area contributed by atoms with Gasteiger partial charge in [0.05, 0.1) is 4.91 Å². The van der Waals surface area contributed by atoms with Crippen LogP contribution < -0.4 is 4.74 Å². The molecular formula is C22H15ClO2S. The Labute approximate surface area is 161 Å². The molecule has 4 heteroatoms. The van der Waals surface area contributed by atoms with Crippen molar-refractivity contribution in [3.8, 4) is 5.75 Å². The first-order chi connectivity index (χ1) is 12.7. The summed E-state index contributed by atoms with van der Waals surface area (Å²) in [4.78, 5) is 14.2. The Bertz CT molecular complexity index is 993. The number of fused-ring (bicyclic) bond motifs is 1. The smallest absolute Gasteiger partial charge is 0.200 e. The van der Waals surface area contributed by atoms with Gasteiger partial charge in [-0.15, -0.1) is 0 Å². The van der Waals surface area contributed by atoms with Crippen LogP contribution >= 0.6 is 23.4 Å². The lowest BCUT2D eigenvalue weighted by molar-refractivity contribution is 0.104. The molecule has 0 bridgehead atoms. The number of rotatable bonds is 4. The normalized spacial score (nSPS) is 14.5. The van der Waals surface area contributed by atoms with Gasteiger partial charge in [0.2, 0.25) is 5.78 Å². The van der Waals surface area contributed by atoms with E-state index in [-0.39, 0.29) is 5.78 Å². The summed E-state index contributed by atoms with van der Waals surface area (Å²) in [6.07, 6.45) is 1.92. The van der Waals surface area contributed by atoms with E-state index in [4.69, 9.17) is 16.3 Å². The molecule has 0 amide bonds. The third-order valence-corrected chi connectivity index (χ3v) is 5.40. The zero-order valence-electron chi connectivity index (χ0n) is 13.8. The highest BCUT2D eigenvalue weighted by atomic mass is 35.5. The molecule has 0 saturated carbocycles. The third-order valence-electron chi connectivity index (χ3n) is 4.05. The highest BCUT2D eigenvalue weighted by molar-refractivity contribution is 8.04. The number of benzene rings is 3. The number of ketones is 1. The van der Waals surface area contributed by atoms with E-state index in [0.29, 0.717) is 11.6 Å². The van der Waals surface area contributed by atoms with Crippen molar-refractivity contribution in [2.45, 2.75) is 11.5 Å². The Morgan fingerprint density at radius 2 is 1.77 bits per heavy atom. The fraction of sp³-hybridized carbons (Fsp3) is 0.0455. The highest BCUT2D eigenvalue weighted by Gasteiger charge is 2.25. The van der Waals surface area contributed by atoms with Crippen LogP contribution in [-0.2, 0) is 6.61 Å². The molecule has 2 nitrogen and oxygen atoms in total. The topological polar surface area (TPSA) is 26.3 Å². The summed E-state index contributed by atoms with van der Waals surface area (Å²) in [7, 11) is 0. The molecule has 26 heavy (non-hydrogen) atoms. The second-order valence-electron chi connectivity index (χ2n) is 5.92. The van der Waals surface area contributed by atoms with E-state index in [1.165, 1.54) is 11.8 Å². The summed E-state index contributed by atoms with van der Waals surface area (Å²) in [5.74, 6) is 0.848. The van der Waals surface area contributed by atoms with Crippen molar-refractivity contribution in [2.24, 2.45) is 0 Å². The van der Waals surface area contributed by atoms with Gasteiger partial charge >= 0.3 is 0 Å². The van der Waals surface area contributed by atoms with Gasteiger partial charge < -0.3 is 4.74 Å². The number of ether oxygens (including phenoxy) is 1. The zero-order chi connectivity index (χ0) is 17.9. The minimum atomic E-state index is 0.0816. The summed E-state index contributed by atoms with van der Waals surface area (Å²) in [5.41, 5.74) is 2.77. The van der Waals surface area contributed by atoms with Crippen LogP contribution in [0.1, 0.15) is 21.5 Å². The van der Waals surface area contributed by atoms with Crippen molar-refractivity contribution in [1.82, 2.24) is 0 Å². The van der Waals surface area contributed by atoms with Crippen LogP contribution in [-0.4, -0.2) is 5.78 Å². The molecule has 0 N–H and O–H groups in total. The highest BCUT2D eigenvalue weighted by Crippen LogP contribution is 2.40. The Hall–Kier alpha value is -2.49. The third kappa shape index (κ3) is 3.69. The Morgan fingerprint density at radius 1 is 0.962 bits per heavy atom. The molecule has 0 aromatic heterocycles. The predicted octanol–water partition coefficient (Wildman–Crippen LogP) is 6.25. The number of Topliss-reactive ketones (excluding diaryl/α,β-unsaturated/α-hetero) is 1. The average molecular weight is 379 g/mol. The molecule has 1 aliphatic heterocycles. The average Bonchev–Trinajstić information content (AvgIpc) is 2.98. The lowest BCUT2D eigenvalue weighted by atomic mass is 10.1. The van der Waals surface area contributed by atoms with Crippen molar-refractivity contribution in [3.05, 3.63) is 99.4 Å². The van der Waals surface area contributed by atoms with Crippen molar-refractivity contribution in [1.29, 1.82) is 0 Å². The molecule has 4 rings (SSSR count). The Kier molecular flexibility index (Phi) is 4.83. The largest absolute Gasteiger partial charge is 0.489 e. The van der Waals surface area contributed by atoms with Gasteiger partial charge in [-0.1, -0.05) is 59.8 Å². The van der Waals surface area contributed by atoms with Gasteiger partial charge in [-0.25, -0.2) is 0 Å². The maximum Gasteiger partial charge on any atom is 0.200 e. The molecule has 3 aromatic carbocycles. The molecule has 0 atom stereocenters. The van der Waals surface area contributed by atoms with Crippen LogP contribution in [0, 0.1) is 0 Å². The van der Waals surface area contributed by atoms with Gasteiger partial charge in [0, 0.05) is 15.5 Å². The molecule has 1 aliphatic rings. The van der Waals surface area contributed by atoms with E-state index in [0.717, 1.165) is 32.2 Å². The Morgan fingerprint density at radius 3 is 2.58 bits per heavy atom. The van der Waals surface area contributed by atoms with Crippen LogP contribution in [0.5, 0.6) is 5.75 Å². The Balaban J connectivity index is 1.50. The summed E-state index contributed by atoms with van der Waals surface area (Å²) >= 11 is 7.41. The number of hydrogen-bond donors (Lipinski definition) is 0. The first-order valence-corrected chi connectivity index (χ1v) is 9.39. The quantitative estimate of drug-likeness (QED) is 0.502. The summed E-state index contributed by atoms with van der Waals surface area (Å²) in [6, 6.07) is 23.0. The van der Waals surface area contributed by atoms with Crippen LogP contribution in [0.25, 0.3) is 6.08 Å². The van der Waals surface area contributed by atoms with Crippen molar-refractivity contribution < 1.29 is 9.53 Å². The van der Waals surface area contributed by atoms with E-state index >= 15 is 0 Å². The number of carbonyl (C=O) groups is 1. The van der Waals surface area contributed by atoms with E-state index in [9.17, 15) is 4.79 Å². The van der Waals surface area contributed by atoms with Crippen LogP contribution in [0.4, 0.5) is 0 Å². The van der Waals surface area contributed by atoms with Gasteiger partial charge in [-0.2, -0.15) is 0 Å². The molecule has 0 saturated heterocycles. The van der Waals surface area contributed by atoms with E-state index in [1.54, 1.807) is 0 Å². The fourth-order valence-corrected chi connectivity index (χ4v) is 3.91. The molecule has 0 unspecified atom stereocenters. The first kappa shape index (κ1) is 17.0. The van der Waals surface area contributed by atoms with Gasteiger partial charge in [-0.3, -0.25) is 4.79 Å². The molecular weight excluding hydrogens is 364 g/mol. The van der Waals surface area contributed by atoms with Crippen molar-refractivity contribution >= 4 is 35.2 Å². The second-order valence-corrected chi connectivity index (χ2v) is 7.44. The fourth-order valence-electron chi connectivity index (χ4n) is 2.73. The number of hydrogen-bond acceptors (Lipinski definition) is 3. The molecule has 128 valence electrons. The van der Waals surface area contributed by atoms with Gasteiger partial charge in [0.25, 0.3) is 0 Å². The second kappa shape index (κ2) is 7.40. The molecule has 3 aromatic rings. The predicted molar refractivity (Wildman–Crippen MR) is 107 cm³/mol. The lowest BCUT2D eigenvalue weighted by Gasteiger charge is -2.07. The molecule has 0 radical (unpaired) electrons. The number of halogens is 1. The van der Waals surface area contributed by atoms with E-state index < -0.39 is 0 Å². The summed E-state index contributed by atoms with van der Waals surface area (Å²) in [6.45, 7) is 0.469. The molecule has 0 aliphatic carbocycles. The van der Waals surface area contributed by atoms with Gasteiger partial charge in [0.1, 0.15) is 12.4 Å². The number of allylic oxidation sites excluding steroid dienone is 1. The zero-order valence-corrected chi connectivity index (χ0v) is 15.4. The van der Waals surface area contributed by atoms with Crippen LogP contribution in [0.2, 0.25) is 5.02 Å². The van der Waals surface area contributed by atoms with Crippen molar-refractivity contribution in [3.63, 3.8) is 0 Å². The minimum Gasteiger partial charge on any atom is -0.489 e.